The number of piperidine rings is 1. The fourth-order valence-electron chi connectivity index (χ4n) is 14.5. The third kappa shape index (κ3) is 45.3. The summed E-state index contributed by atoms with van der Waals surface area (Å²) in [4.78, 5) is 133. The molecular formula is C99H122Cl6N24NaO12PPd. The van der Waals surface area contributed by atoms with Crippen molar-refractivity contribution in [1.29, 1.82) is 5.41 Å². The minimum absolute atomic E-state index is 0. The van der Waals surface area contributed by atoms with Crippen LogP contribution in [-0.4, -0.2) is 179 Å². The molecule has 9 aromatic heterocycles. The van der Waals surface area contributed by atoms with E-state index in [-0.39, 0.29) is 102 Å². The molecule has 0 radical (unpaired) electrons. The number of ketones is 1. The second kappa shape index (κ2) is 69.1. The van der Waals surface area contributed by atoms with Gasteiger partial charge in [0.15, 0.2) is 0 Å². The summed E-state index contributed by atoms with van der Waals surface area (Å²) in [6.07, 6.45) is 20.5. The molecule has 0 aliphatic carbocycles. The van der Waals surface area contributed by atoms with Gasteiger partial charge in [-0.25, -0.2) is 54.8 Å². The van der Waals surface area contributed by atoms with Gasteiger partial charge < -0.3 is 77.7 Å². The summed E-state index contributed by atoms with van der Waals surface area (Å²) in [6.45, 7) is 23.5. The third-order valence-corrected chi connectivity index (χ3v) is 22.0. The molecular weight excluding hydrogens is 2090 g/mol. The number of rotatable bonds is 13. The fraction of sp³-hybridized carbons (Fsp3) is 0.313. The molecule has 19 rings (SSSR count). The molecule has 1 atom stereocenters. The molecule has 36 nitrogen and oxygen atoms in total. The zero-order chi connectivity index (χ0) is 100. The van der Waals surface area contributed by atoms with E-state index in [1.54, 1.807) is 25.5 Å². The van der Waals surface area contributed by atoms with Crippen LogP contribution in [0.3, 0.4) is 0 Å². The first-order chi connectivity index (χ1) is 67.0. The predicted molar refractivity (Wildman–Crippen MR) is 560 cm³/mol. The Morgan fingerprint density at radius 1 is 0.514 bits per heavy atom. The minimum Gasteiger partial charge on any atom is -0.857 e. The van der Waals surface area contributed by atoms with Gasteiger partial charge in [-0.3, -0.25) is 48.5 Å². The van der Waals surface area contributed by atoms with Crippen LogP contribution < -0.4 is 88.1 Å². The molecule has 0 bridgehead atoms. The van der Waals surface area contributed by atoms with Crippen molar-refractivity contribution in [3.8, 4) is 0 Å². The molecule has 1 saturated heterocycles. The number of hydrogen-bond donors (Lipinski definition) is 9. The second-order valence-electron chi connectivity index (χ2n) is 31.7. The third-order valence-electron chi connectivity index (χ3n) is 21.4. The number of aryl methyl sites for hydroxylation is 4. The number of carboxylic acids is 1. The number of hydrogen-bond acceptors (Lipinski definition) is 29. The zero-order valence-electron chi connectivity index (χ0n) is 81.3. The van der Waals surface area contributed by atoms with Gasteiger partial charge in [-0.15, -0.1) is 12.4 Å². The van der Waals surface area contributed by atoms with Gasteiger partial charge in [-0.05, 0) is 137 Å². The topological polar surface area (TPSA) is 540 Å². The Balaban J connectivity index is 0.000000420. The van der Waals surface area contributed by atoms with Gasteiger partial charge >= 0.3 is 40.7 Å². The normalized spacial score (nSPS) is 13.5. The molecule has 6 aliphatic heterocycles. The number of nitrogens with two attached hydrogens (primary N) is 2. The number of pyridine rings is 4. The summed E-state index contributed by atoms with van der Waals surface area (Å²) in [6, 6.07) is 56.8. The Bertz CT molecular complexity index is 6160. The summed E-state index contributed by atoms with van der Waals surface area (Å²) in [7, 11) is 0.750. The number of H-pyrrole nitrogens is 3. The van der Waals surface area contributed by atoms with Crippen molar-refractivity contribution < 1.29 is 94.8 Å². The molecule has 768 valence electrons. The predicted octanol–water partition coefficient (Wildman–Crippen LogP) is 9.56. The van der Waals surface area contributed by atoms with Crippen molar-refractivity contribution >= 4 is 122 Å². The minimum atomic E-state index is -3.22. The van der Waals surface area contributed by atoms with Crippen LogP contribution in [0.1, 0.15) is 121 Å². The molecule has 0 saturated carbocycles. The molecule has 15 heterocycles. The number of carboxylic acid groups (broad SMARTS) is 1. The summed E-state index contributed by atoms with van der Waals surface area (Å²) < 4.78 is 14.5. The van der Waals surface area contributed by atoms with E-state index in [2.05, 4.69) is 218 Å². The Labute approximate surface area is 903 Å². The molecule has 6 aliphatic rings. The number of halogens is 6. The first-order valence-electron chi connectivity index (χ1n) is 44.6. The molecule has 4 aromatic carbocycles. The van der Waals surface area contributed by atoms with Crippen LogP contribution in [-0.2, 0) is 135 Å². The van der Waals surface area contributed by atoms with Crippen LogP contribution >= 0.6 is 74.5 Å². The van der Waals surface area contributed by atoms with Crippen LogP contribution in [0, 0.1) is 39.0 Å². The van der Waals surface area contributed by atoms with E-state index in [0.29, 0.717) is 62.6 Å². The Morgan fingerprint density at radius 2 is 0.882 bits per heavy atom. The van der Waals surface area contributed by atoms with Crippen LogP contribution in [0.4, 0.5) is 23.3 Å². The number of likely N-dealkylation sites (tertiary alicyclic amines) is 1. The molecule has 13 aromatic rings. The molecule has 45 heteroatoms. The number of esters is 1. The van der Waals surface area contributed by atoms with Gasteiger partial charge in [-0.2, -0.15) is 7.11 Å². The number of ether oxygens (including phenoxy) is 1. The van der Waals surface area contributed by atoms with Gasteiger partial charge in [0.05, 0.1) is 83.6 Å². The number of aliphatic carboxylic acids is 1. The number of carbonyl (C=O) groups is 3. The van der Waals surface area contributed by atoms with Crippen molar-refractivity contribution in [1.82, 2.24) is 84.9 Å². The van der Waals surface area contributed by atoms with Gasteiger partial charge in [0.1, 0.15) is 57.9 Å². The zero-order valence-corrected chi connectivity index (χ0v) is 90.3. The maximum Gasteiger partial charge on any atom is 1.00 e. The Kier molecular flexibility index (Phi) is 61.0. The van der Waals surface area contributed by atoms with Crippen LogP contribution in [0.15, 0.2) is 241 Å². The van der Waals surface area contributed by atoms with Crippen molar-refractivity contribution in [2.75, 3.05) is 79.5 Å². The molecule has 0 spiro atoms. The van der Waals surface area contributed by atoms with E-state index in [9.17, 15) is 28.5 Å². The Morgan fingerprint density at radius 3 is 1.29 bits per heavy atom. The van der Waals surface area contributed by atoms with E-state index < -0.39 is 17.1 Å². The quantitative estimate of drug-likeness (QED) is 0.00757. The first-order valence-corrected chi connectivity index (χ1v) is 49.8. The van der Waals surface area contributed by atoms with Crippen LogP contribution in [0.5, 0.6) is 0 Å². The average Bonchev–Trinajstić information content (AvgIpc) is 0.807. The van der Waals surface area contributed by atoms with Gasteiger partial charge in [0, 0.05) is 200 Å². The molecule has 15 N–H and O–H groups in total. The standard InChI is InChI=1S/C20H21N5.C15H19NO3.C14H15N3O.C13H13ClN4.C13H14N4O.C7H9N3O.C7H9N.C6H6ClN.C2H4O2.CH4N2.CH3O.Cl3OP.ClH.Na.2H2O.Pd/c1-15-7-8-19(21-11-15)25-10-9-18-17(13-25)20(24-14-23-18)22-12-16-5-3-2-4-6-16;1-2-19-15(18)13-11-16(9-8-14(13)17)10-12-6-4-3-5-7-12;18-14-12-9-17(7-6-13(12)15-10-16-14)8-11-4-2-1-3-5-11;1-9-2-3-12(15-6-9)18-5-4-11-10(7-18)13(14)17-8-16-11;1-9-2-3-12(14-6-9)17-5-4-11-10(7-17)13(18)16-8-15-11;11-7-5-3-8-2-1-6(5)9-4-10-7;8-6-7-4-2-1-3-5-7;1-5-2-3-6(7)8-4-5;1-2(3)4;2-1-3;1-2;1-5(2,3)4;;;;;/h2-8,11,14H,9-10,12-13H2,1H3,(H,22,23,24);3-7,13H,2,8-11H2,1H3;1-5,10H,6-9H2,(H,15,16,18);2-3,6,8H,4-5,7H2,1H3;2-3,6,8H,4-5,7H2,1H3,(H,15,16,18);4,8H,1-3H2,(H,9,10,11);1-5H,6,8H2;2-4H,1H3;1H3,(H,3,4);1H,(H3,2,3);1H3;;1H;;2*1H2;/q;;;;;;;;;;-1;;;+1;;;. The number of aromatic amines is 3. The number of nitrogens with one attached hydrogen (secondary N) is 6. The molecule has 0 amide bonds. The smallest absolute Gasteiger partial charge is 0.857 e. The molecule has 1 fully saturated rings. The Hall–Kier alpha value is -11.1. The summed E-state index contributed by atoms with van der Waals surface area (Å²) in [5.74, 6) is 1.99. The number of anilines is 4. The van der Waals surface area contributed by atoms with Crippen LogP contribution in [0.2, 0.25) is 10.3 Å². The van der Waals surface area contributed by atoms with Crippen molar-refractivity contribution in [3.05, 3.63) is 368 Å². The number of carbonyl (C=O) groups excluding carboxylic acids is 2. The van der Waals surface area contributed by atoms with E-state index in [0.717, 1.165) is 209 Å². The maximum absolute atomic E-state index is 11.8. The number of aromatic nitrogens is 14. The van der Waals surface area contributed by atoms with E-state index >= 15 is 0 Å². The number of Topliss-reactive ketones (excluding diaryl/α,β-unsaturated/α-hetero) is 1. The number of fused-ring (bicyclic) bond motifs is 5. The van der Waals surface area contributed by atoms with Gasteiger partial charge in [-0.1, -0.05) is 169 Å². The second-order valence-corrected chi connectivity index (χ2v) is 39.1. The largest absolute Gasteiger partial charge is 1.00 e. The fourth-order valence-corrected chi connectivity index (χ4v) is 14.8. The van der Waals surface area contributed by atoms with Crippen LogP contribution in [0.25, 0.3) is 0 Å². The maximum atomic E-state index is 11.8. The van der Waals surface area contributed by atoms with Crippen molar-refractivity contribution in [2.24, 2.45) is 17.4 Å². The number of nitrogens with zero attached hydrogens (tertiary/aromatic N) is 16. The van der Waals surface area contributed by atoms with E-state index in [4.69, 9.17) is 54.1 Å². The van der Waals surface area contributed by atoms with E-state index in [1.165, 1.54) is 58.7 Å². The summed E-state index contributed by atoms with van der Waals surface area (Å²) in [5, 5.41) is 26.0. The van der Waals surface area contributed by atoms with Crippen molar-refractivity contribution in [2.45, 2.75) is 139 Å². The molecule has 1 unspecified atom stereocenters. The average molecular weight is 2210 g/mol. The first kappa shape index (κ1) is 127. The SMILES string of the molecule is CC(=O)O.CCOC(=O)C1CN(Cc2ccccc2)CCC1=O.C[O-].Cc1ccc(Cl)nc1.Cc1ccc(N2CCc3nc[nH]c(=O)c3C2)nc1.Cc1ccc(N2CCc3ncnc(Cl)c3C2)nc1.Cc1ccc(N2CCc3ncnc(NCc4ccccc4)c3C2)nc1.Cl.N=CN.NCc1ccccc1.O.O.O=P(Cl)(Cl)Cl.O=c1[nH]cnc2c1CN(Cc1ccccc1)CC2.O=c1[nH]cnc2c1CNCC2.[Na+].[Pd]. The van der Waals surface area contributed by atoms with Crippen molar-refractivity contribution in [3.63, 3.8) is 0 Å². The summed E-state index contributed by atoms with van der Waals surface area (Å²) >= 11 is 25.5. The number of benzene rings is 4. The van der Waals surface area contributed by atoms with Gasteiger partial charge in [0.2, 0.25) is 0 Å². The molecule has 144 heavy (non-hydrogen) atoms. The van der Waals surface area contributed by atoms with Gasteiger partial charge in [0.25, 0.3) is 22.6 Å². The monoisotopic (exact) mass is 2210 g/mol. The van der Waals surface area contributed by atoms with E-state index in [1.807, 2.05) is 136 Å². The summed E-state index contributed by atoms with van der Waals surface area (Å²) in [5.41, 5.74) is 28.7.